The second-order valence-corrected chi connectivity index (χ2v) is 9.75. The number of thioether (sulfide) groups is 1. The predicted molar refractivity (Wildman–Crippen MR) is 123 cm³/mol. The van der Waals surface area contributed by atoms with E-state index in [9.17, 15) is 4.79 Å². The number of rotatable bonds is 2. The molecule has 1 aliphatic carbocycles. The number of Topliss-reactive ketones (excluding diaryl/α,β-unsaturated/α-hetero) is 1. The van der Waals surface area contributed by atoms with Gasteiger partial charge in [-0.15, -0.1) is 11.8 Å². The molecule has 3 aromatic rings. The maximum atomic E-state index is 13.4. The number of anilines is 1. The minimum Gasteiger partial charge on any atom is -0.334 e. The Morgan fingerprint density at radius 1 is 0.931 bits per heavy atom. The average molecular weight is 400 g/mol. The lowest BCUT2D eigenvalue weighted by Crippen LogP contribution is -2.38. The lowest BCUT2D eigenvalue weighted by molar-refractivity contribution is -0.117. The van der Waals surface area contributed by atoms with Crippen LogP contribution >= 0.6 is 11.8 Å². The molecule has 2 nitrogen and oxygen atoms in total. The van der Waals surface area contributed by atoms with Gasteiger partial charge in [-0.05, 0) is 69.8 Å². The van der Waals surface area contributed by atoms with Crippen molar-refractivity contribution in [2.24, 2.45) is 5.41 Å². The molecule has 0 fully saturated rings. The molecule has 0 saturated carbocycles. The Morgan fingerprint density at radius 2 is 1.69 bits per heavy atom. The molecule has 0 unspecified atom stereocenters. The molecule has 0 bridgehead atoms. The first-order chi connectivity index (χ1) is 14.0. The molecule has 0 amide bonds. The molecule has 1 aliphatic heterocycles. The fraction of sp³-hybridized carbons (Fsp3) is 0.269. The Labute approximate surface area is 176 Å². The minimum absolute atomic E-state index is 0.0180. The maximum Gasteiger partial charge on any atom is 0.180 e. The van der Waals surface area contributed by atoms with E-state index in [-0.39, 0.29) is 11.2 Å². The van der Waals surface area contributed by atoms with E-state index >= 15 is 0 Å². The van der Waals surface area contributed by atoms with Gasteiger partial charge in [0.2, 0.25) is 0 Å². The third-order valence-electron chi connectivity index (χ3n) is 6.14. The number of hydrogen-bond acceptors (Lipinski definition) is 3. The van der Waals surface area contributed by atoms with Crippen LogP contribution in [0.4, 0.5) is 5.69 Å². The Bertz CT molecular complexity index is 1160. The molecule has 0 radical (unpaired) electrons. The summed E-state index contributed by atoms with van der Waals surface area (Å²) in [7, 11) is 0. The van der Waals surface area contributed by atoms with E-state index in [0.717, 1.165) is 24.4 Å². The first kappa shape index (κ1) is 18.5. The predicted octanol–water partition coefficient (Wildman–Crippen LogP) is 6.68. The quantitative estimate of drug-likeness (QED) is 0.448. The number of benzene rings is 3. The average Bonchev–Trinajstić information content (AvgIpc) is 2.72. The molecule has 3 aromatic carbocycles. The standard InChI is InChI=1S/C26H25NOS/c1-26(2)14-22-24-18(9-8-17-6-4-5-7-21(17)24)16-27(25(22)23(28)15-26)19-10-12-20(29-3)13-11-19/h4-13H,14-16H2,1-3H3. The van der Waals surface area contributed by atoms with Gasteiger partial charge < -0.3 is 4.90 Å². The summed E-state index contributed by atoms with van der Waals surface area (Å²) in [5, 5.41) is 2.51. The van der Waals surface area contributed by atoms with Crippen molar-refractivity contribution in [3.05, 3.63) is 77.5 Å². The number of hydrogen-bond donors (Lipinski definition) is 0. The summed E-state index contributed by atoms with van der Waals surface area (Å²) in [5.74, 6) is 0.267. The summed E-state index contributed by atoms with van der Waals surface area (Å²) < 4.78 is 0. The molecule has 1 heterocycles. The van der Waals surface area contributed by atoms with Gasteiger partial charge in [0, 0.05) is 23.5 Å². The summed E-state index contributed by atoms with van der Waals surface area (Å²) in [6.45, 7) is 5.17. The van der Waals surface area contributed by atoms with Gasteiger partial charge in [-0.1, -0.05) is 50.2 Å². The van der Waals surface area contributed by atoms with Crippen molar-refractivity contribution >= 4 is 39.6 Å². The van der Waals surface area contributed by atoms with E-state index in [1.165, 1.54) is 32.4 Å². The van der Waals surface area contributed by atoms with Crippen LogP contribution in [0, 0.1) is 5.41 Å². The van der Waals surface area contributed by atoms with Gasteiger partial charge in [0.05, 0.1) is 5.70 Å². The molecule has 0 spiro atoms. The van der Waals surface area contributed by atoms with Crippen molar-refractivity contribution in [2.45, 2.75) is 38.1 Å². The molecule has 146 valence electrons. The largest absolute Gasteiger partial charge is 0.334 e. The number of fused-ring (bicyclic) bond motifs is 4. The van der Waals surface area contributed by atoms with Crippen LogP contribution in [0.15, 0.2) is 71.3 Å². The highest BCUT2D eigenvalue weighted by atomic mass is 32.2. The topological polar surface area (TPSA) is 20.3 Å². The fourth-order valence-electron chi connectivity index (χ4n) is 4.87. The Kier molecular flexibility index (Phi) is 4.32. The van der Waals surface area contributed by atoms with Crippen molar-refractivity contribution in [1.29, 1.82) is 0 Å². The van der Waals surface area contributed by atoms with Gasteiger partial charge in [0.1, 0.15) is 0 Å². The monoisotopic (exact) mass is 399 g/mol. The lowest BCUT2D eigenvalue weighted by Gasteiger charge is -2.41. The summed E-state index contributed by atoms with van der Waals surface area (Å²) in [6, 6.07) is 21.6. The van der Waals surface area contributed by atoms with Crippen molar-refractivity contribution in [3.63, 3.8) is 0 Å². The highest BCUT2D eigenvalue weighted by Gasteiger charge is 2.39. The maximum absolute atomic E-state index is 13.4. The summed E-state index contributed by atoms with van der Waals surface area (Å²) in [6.07, 6.45) is 3.62. The fourth-order valence-corrected chi connectivity index (χ4v) is 5.28. The molecule has 5 rings (SSSR count). The van der Waals surface area contributed by atoms with Gasteiger partial charge >= 0.3 is 0 Å². The van der Waals surface area contributed by atoms with Crippen molar-refractivity contribution < 1.29 is 4.79 Å². The van der Waals surface area contributed by atoms with Crippen LogP contribution in [0.5, 0.6) is 0 Å². The normalized spacial score (nSPS) is 18.0. The molecule has 0 N–H and O–H groups in total. The third-order valence-corrected chi connectivity index (χ3v) is 6.89. The van der Waals surface area contributed by atoms with Crippen molar-refractivity contribution in [1.82, 2.24) is 0 Å². The van der Waals surface area contributed by atoms with Gasteiger partial charge in [0.25, 0.3) is 0 Å². The third kappa shape index (κ3) is 3.08. The van der Waals surface area contributed by atoms with Crippen molar-refractivity contribution in [2.75, 3.05) is 11.2 Å². The number of allylic oxidation sites excluding steroid dienone is 2. The first-order valence-corrected chi connectivity index (χ1v) is 11.4. The highest BCUT2D eigenvalue weighted by Crippen LogP contribution is 2.48. The minimum atomic E-state index is -0.0180. The van der Waals surface area contributed by atoms with Crippen LogP contribution < -0.4 is 4.90 Å². The van der Waals surface area contributed by atoms with Crippen LogP contribution in [0.1, 0.15) is 37.8 Å². The van der Waals surface area contributed by atoms with Crippen LogP contribution in [0.3, 0.4) is 0 Å². The van der Waals surface area contributed by atoms with Crippen LogP contribution in [-0.2, 0) is 11.3 Å². The van der Waals surface area contributed by atoms with Crippen LogP contribution in [0.25, 0.3) is 16.3 Å². The van der Waals surface area contributed by atoms with Gasteiger partial charge in [-0.2, -0.15) is 0 Å². The second-order valence-electron chi connectivity index (χ2n) is 8.87. The SMILES string of the molecule is CSc1ccc(N2Cc3ccc4ccccc4c3C3=C2C(=O)CC(C)(C)C3)cc1. The number of carbonyl (C=O) groups excluding carboxylic acids is 1. The van der Waals surface area contributed by atoms with E-state index < -0.39 is 0 Å². The van der Waals surface area contributed by atoms with Crippen LogP contribution in [-0.4, -0.2) is 12.0 Å². The smallest absolute Gasteiger partial charge is 0.180 e. The van der Waals surface area contributed by atoms with Crippen LogP contribution in [0.2, 0.25) is 0 Å². The molecule has 0 atom stereocenters. The van der Waals surface area contributed by atoms with E-state index in [2.05, 4.69) is 85.7 Å². The van der Waals surface area contributed by atoms with E-state index in [1.807, 2.05) is 0 Å². The zero-order chi connectivity index (χ0) is 20.2. The molecule has 3 heteroatoms. The Morgan fingerprint density at radius 3 is 2.45 bits per heavy atom. The molecule has 0 saturated heterocycles. The zero-order valence-corrected chi connectivity index (χ0v) is 18.0. The molecular formula is C26H25NOS. The Hall–Kier alpha value is -2.52. The van der Waals surface area contributed by atoms with E-state index in [4.69, 9.17) is 0 Å². The van der Waals surface area contributed by atoms with Gasteiger partial charge in [-0.3, -0.25) is 4.79 Å². The number of nitrogens with zero attached hydrogens (tertiary/aromatic N) is 1. The Balaban J connectivity index is 1.76. The summed E-state index contributed by atoms with van der Waals surface area (Å²) in [5.41, 5.74) is 5.80. The van der Waals surface area contributed by atoms with E-state index in [0.29, 0.717) is 6.42 Å². The first-order valence-electron chi connectivity index (χ1n) is 10.2. The second kappa shape index (κ2) is 6.77. The van der Waals surface area contributed by atoms with E-state index in [1.54, 1.807) is 11.8 Å². The molecule has 0 aromatic heterocycles. The molecular weight excluding hydrogens is 374 g/mol. The lowest BCUT2D eigenvalue weighted by atomic mass is 9.71. The van der Waals surface area contributed by atoms with Crippen molar-refractivity contribution in [3.8, 4) is 0 Å². The molecule has 2 aliphatic rings. The number of ketones is 1. The molecule has 29 heavy (non-hydrogen) atoms. The summed E-state index contributed by atoms with van der Waals surface area (Å²) in [4.78, 5) is 16.9. The zero-order valence-electron chi connectivity index (χ0n) is 17.2. The van der Waals surface area contributed by atoms with Gasteiger partial charge in [0.15, 0.2) is 5.78 Å². The van der Waals surface area contributed by atoms with Gasteiger partial charge in [-0.25, -0.2) is 0 Å². The highest BCUT2D eigenvalue weighted by molar-refractivity contribution is 7.98. The summed E-state index contributed by atoms with van der Waals surface area (Å²) >= 11 is 1.74. The number of carbonyl (C=O) groups is 1.